The second kappa shape index (κ2) is 7.63. The van der Waals surface area contributed by atoms with Gasteiger partial charge >= 0.3 is 5.97 Å². The number of halogens is 1. The van der Waals surface area contributed by atoms with E-state index in [0.29, 0.717) is 5.69 Å². The summed E-state index contributed by atoms with van der Waals surface area (Å²) in [5.41, 5.74) is 6.39. The molecular weight excluding hydrogens is 348 g/mol. The van der Waals surface area contributed by atoms with Gasteiger partial charge in [0.1, 0.15) is 0 Å². The maximum absolute atomic E-state index is 12.4. The third-order valence-electron chi connectivity index (χ3n) is 3.78. The van der Waals surface area contributed by atoms with Gasteiger partial charge in [-0.3, -0.25) is 4.79 Å². The topological polar surface area (TPSA) is 72.6 Å². The molecule has 1 saturated heterocycles. The van der Waals surface area contributed by atoms with Crippen molar-refractivity contribution in [1.82, 2.24) is 4.90 Å². The molecule has 1 aliphatic heterocycles. The molecule has 1 aliphatic rings. The third kappa shape index (κ3) is 4.22. The molecule has 1 amide bonds. The molecule has 2 rings (SSSR count). The van der Waals surface area contributed by atoms with Crippen molar-refractivity contribution in [2.24, 2.45) is 0 Å². The fourth-order valence-electron chi connectivity index (χ4n) is 2.53. The van der Waals surface area contributed by atoms with Crippen molar-refractivity contribution in [2.75, 3.05) is 18.8 Å². The van der Waals surface area contributed by atoms with E-state index in [0.717, 1.165) is 43.2 Å². The molecule has 6 heteroatoms. The summed E-state index contributed by atoms with van der Waals surface area (Å²) in [5.74, 6) is -0.710. The standard InChI is InChI=1S/C16H21BrN2O3/c1-11(15(20)19-8-4-2-3-5-9-19)22-16(21)13-10-12(17)6-7-14(13)18/h6-7,10-11H,2-5,8-9,18H2,1H3/t11-/m1/s1. The molecule has 22 heavy (non-hydrogen) atoms. The Hall–Kier alpha value is -1.56. The first-order chi connectivity index (χ1) is 10.5. The van der Waals surface area contributed by atoms with Crippen molar-refractivity contribution in [2.45, 2.75) is 38.7 Å². The van der Waals surface area contributed by atoms with Gasteiger partial charge in [-0.1, -0.05) is 28.8 Å². The minimum absolute atomic E-state index is 0.135. The van der Waals surface area contributed by atoms with Crippen LogP contribution in [0.15, 0.2) is 22.7 Å². The highest BCUT2D eigenvalue weighted by atomic mass is 79.9. The molecule has 120 valence electrons. The van der Waals surface area contributed by atoms with Gasteiger partial charge < -0.3 is 15.4 Å². The number of rotatable bonds is 3. The van der Waals surface area contributed by atoms with Gasteiger partial charge in [-0.15, -0.1) is 0 Å². The number of hydrogen-bond acceptors (Lipinski definition) is 4. The molecule has 0 aromatic heterocycles. The Kier molecular flexibility index (Phi) is 5.83. The molecule has 0 aliphatic carbocycles. The Bertz CT molecular complexity index is 554. The summed E-state index contributed by atoms with van der Waals surface area (Å²) in [6.45, 7) is 3.08. The van der Waals surface area contributed by atoms with Crippen LogP contribution in [0.5, 0.6) is 0 Å². The SMILES string of the molecule is C[C@@H](OC(=O)c1cc(Br)ccc1N)C(=O)N1CCCCCC1. The minimum Gasteiger partial charge on any atom is -0.449 e. The first kappa shape index (κ1) is 16.8. The van der Waals surface area contributed by atoms with E-state index < -0.39 is 12.1 Å². The molecular formula is C16H21BrN2O3. The first-order valence-corrected chi connectivity index (χ1v) is 8.33. The fourth-order valence-corrected chi connectivity index (χ4v) is 2.89. The Morgan fingerprint density at radius 1 is 1.23 bits per heavy atom. The van der Waals surface area contributed by atoms with Crippen LogP contribution in [0.2, 0.25) is 0 Å². The number of nitrogens with two attached hydrogens (primary N) is 1. The van der Waals surface area contributed by atoms with Gasteiger partial charge in [0.05, 0.1) is 5.56 Å². The highest BCUT2D eigenvalue weighted by molar-refractivity contribution is 9.10. The predicted molar refractivity (Wildman–Crippen MR) is 88.5 cm³/mol. The second-order valence-corrected chi connectivity index (χ2v) is 6.43. The van der Waals surface area contributed by atoms with Gasteiger partial charge in [0.25, 0.3) is 5.91 Å². The van der Waals surface area contributed by atoms with Crippen LogP contribution >= 0.6 is 15.9 Å². The third-order valence-corrected chi connectivity index (χ3v) is 4.28. The highest BCUT2D eigenvalue weighted by Crippen LogP contribution is 2.20. The van der Waals surface area contributed by atoms with Crippen LogP contribution in [0.25, 0.3) is 0 Å². The van der Waals surface area contributed by atoms with Crippen LogP contribution in [-0.4, -0.2) is 36.0 Å². The van der Waals surface area contributed by atoms with Gasteiger partial charge in [0, 0.05) is 23.2 Å². The zero-order valence-corrected chi connectivity index (χ0v) is 14.3. The smallest absolute Gasteiger partial charge is 0.341 e. The lowest BCUT2D eigenvalue weighted by Gasteiger charge is -2.24. The van der Waals surface area contributed by atoms with Crippen LogP contribution in [-0.2, 0) is 9.53 Å². The largest absolute Gasteiger partial charge is 0.449 e. The normalized spacial score (nSPS) is 16.7. The summed E-state index contributed by atoms with van der Waals surface area (Å²) in [5, 5.41) is 0. The lowest BCUT2D eigenvalue weighted by Crippen LogP contribution is -2.40. The van der Waals surface area contributed by atoms with Gasteiger partial charge in [-0.05, 0) is 38.0 Å². The number of benzene rings is 1. The summed E-state index contributed by atoms with van der Waals surface area (Å²) in [7, 11) is 0. The number of hydrogen-bond donors (Lipinski definition) is 1. The van der Waals surface area contributed by atoms with E-state index in [9.17, 15) is 9.59 Å². The summed E-state index contributed by atoms with van der Waals surface area (Å²) in [6, 6.07) is 4.97. The number of likely N-dealkylation sites (tertiary alicyclic amines) is 1. The first-order valence-electron chi connectivity index (χ1n) is 7.54. The van der Waals surface area contributed by atoms with Crippen molar-refractivity contribution >= 4 is 33.5 Å². The number of anilines is 1. The number of carbonyl (C=O) groups excluding carboxylic acids is 2. The predicted octanol–water partition coefficient (Wildman–Crippen LogP) is 2.98. The summed E-state index contributed by atoms with van der Waals surface area (Å²) >= 11 is 3.29. The van der Waals surface area contributed by atoms with E-state index in [2.05, 4.69) is 15.9 Å². The van der Waals surface area contributed by atoms with Crippen molar-refractivity contribution in [3.63, 3.8) is 0 Å². The van der Waals surface area contributed by atoms with E-state index in [1.807, 2.05) is 0 Å². The Morgan fingerprint density at radius 3 is 2.50 bits per heavy atom. The molecule has 0 spiro atoms. The Balaban J connectivity index is 2.01. The Labute approximate surface area is 138 Å². The average molecular weight is 369 g/mol. The maximum atomic E-state index is 12.4. The van der Waals surface area contributed by atoms with E-state index >= 15 is 0 Å². The van der Waals surface area contributed by atoms with Crippen LogP contribution < -0.4 is 5.73 Å². The van der Waals surface area contributed by atoms with Crippen LogP contribution in [0.3, 0.4) is 0 Å². The molecule has 1 aromatic rings. The molecule has 2 N–H and O–H groups in total. The van der Waals surface area contributed by atoms with E-state index in [1.165, 1.54) is 0 Å². The Morgan fingerprint density at radius 2 is 1.86 bits per heavy atom. The fraction of sp³-hybridized carbons (Fsp3) is 0.500. The van der Waals surface area contributed by atoms with E-state index in [1.54, 1.807) is 30.0 Å². The zero-order chi connectivity index (χ0) is 16.1. The molecule has 1 heterocycles. The van der Waals surface area contributed by atoms with Crippen LogP contribution in [0.4, 0.5) is 5.69 Å². The summed E-state index contributed by atoms with van der Waals surface area (Å²) < 4.78 is 6.03. The highest BCUT2D eigenvalue weighted by Gasteiger charge is 2.25. The minimum atomic E-state index is -0.802. The monoisotopic (exact) mass is 368 g/mol. The number of ether oxygens (including phenoxy) is 1. The van der Waals surface area contributed by atoms with Gasteiger partial charge in [0.2, 0.25) is 0 Å². The number of carbonyl (C=O) groups is 2. The zero-order valence-electron chi connectivity index (χ0n) is 12.7. The second-order valence-electron chi connectivity index (χ2n) is 5.52. The molecule has 0 radical (unpaired) electrons. The van der Waals surface area contributed by atoms with Crippen molar-refractivity contribution in [3.05, 3.63) is 28.2 Å². The summed E-state index contributed by atoms with van der Waals surface area (Å²) in [6.07, 6.45) is 3.50. The molecule has 0 saturated carbocycles. The lowest BCUT2D eigenvalue weighted by atomic mass is 10.2. The maximum Gasteiger partial charge on any atom is 0.341 e. The molecule has 1 aromatic carbocycles. The van der Waals surface area contributed by atoms with Crippen LogP contribution in [0.1, 0.15) is 43.0 Å². The lowest BCUT2D eigenvalue weighted by molar-refractivity contribution is -0.139. The number of esters is 1. The average Bonchev–Trinajstić information content (AvgIpc) is 2.77. The molecule has 1 atom stereocenters. The molecule has 0 bridgehead atoms. The van der Waals surface area contributed by atoms with Crippen molar-refractivity contribution in [1.29, 1.82) is 0 Å². The number of nitrogens with zero attached hydrogens (tertiary/aromatic N) is 1. The van der Waals surface area contributed by atoms with Crippen molar-refractivity contribution in [3.8, 4) is 0 Å². The van der Waals surface area contributed by atoms with Crippen molar-refractivity contribution < 1.29 is 14.3 Å². The quantitative estimate of drug-likeness (QED) is 0.657. The van der Waals surface area contributed by atoms with E-state index in [-0.39, 0.29) is 11.5 Å². The van der Waals surface area contributed by atoms with E-state index in [4.69, 9.17) is 10.5 Å². The molecule has 5 nitrogen and oxygen atoms in total. The number of amides is 1. The summed E-state index contributed by atoms with van der Waals surface area (Å²) in [4.78, 5) is 26.4. The van der Waals surface area contributed by atoms with Gasteiger partial charge in [0.15, 0.2) is 6.10 Å². The molecule has 1 fully saturated rings. The number of nitrogen functional groups attached to an aromatic ring is 1. The molecule has 0 unspecified atom stereocenters. The van der Waals surface area contributed by atoms with Gasteiger partial charge in [-0.25, -0.2) is 4.79 Å². The van der Waals surface area contributed by atoms with Gasteiger partial charge in [-0.2, -0.15) is 0 Å². The van der Waals surface area contributed by atoms with Crippen LogP contribution in [0, 0.1) is 0 Å².